The molecule has 1 amide bonds. The van der Waals surface area contributed by atoms with E-state index in [1.807, 2.05) is 26.0 Å². The van der Waals surface area contributed by atoms with Crippen molar-refractivity contribution >= 4 is 6.09 Å². The molecule has 0 aliphatic heterocycles. The van der Waals surface area contributed by atoms with Crippen LogP contribution in [-0.4, -0.2) is 26.4 Å². The van der Waals surface area contributed by atoms with E-state index in [1.54, 1.807) is 0 Å². The van der Waals surface area contributed by atoms with E-state index in [4.69, 9.17) is 4.74 Å². The maximum atomic E-state index is 11.1. The van der Waals surface area contributed by atoms with Gasteiger partial charge in [0.1, 0.15) is 5.75 Å². The van der Waals surface area contributed by atoms with Crippen LogP contribution in [0.5, 0.6) is 5.75 Å². The Balaban J connectivity index is 2.83. The Bertz CT molecular complexity index is 441. The van der Waals surface area contributed by atoms with Crippen molar-refractivity contribution in [3.8, 4) is 5.75 Å². The number of ether oxygens (including phenoxy) is 2. The molecule has 0 spiro atoms. The summed E-state index contributed by atoms with van der Waals surface area (Å²) < 4.78 is 10.1. The predicted octanol–water partition coefficient (Wildman–Crippen LogP) is 3.03. The third-order valence-electron chi connectivity index (χ3n) is 3.12. The van der Waals surface area contributed by atoms with Gasteiger partial charge in [0, 0.05) is 12.0 Å². The van der Waals surface area contributed by atoms with Crippen LogP contribution in [0.2, 0.25) is 0 Å². The number of nitrogens with one attached hydrogen (secondary N) is 1. The zero-order valence-corrected chi connectivity index (χ0v) is 12.4. The number of carbonyl (C=O) groups excluding carboxylic acids is 1. The topological polar surface area (TPSA) is 47.6 Å². The van der Waals surface area contributed by atoms with Crippen LogP contribution in [0.1, 0.15) is 31.9 Å². The minimum atomic E-state index is -0.407. The predicted molar refractivity (Wildman–Crippen MR) is 75.8 cm³/mol. The highest BCUT2D eigenvalue weighted by Gasteiger charge is 2.22. The summed E-state index contributed by atoms with van der Waals surface area (Å²) in [6, 6.07) is 6.12. The number of amides is 1. The molecule has 106 valence electrons. The van der Waals surface area contributed by atoms with Crippen molar-refractivity contribution in [3.05, 3.63) is 29.3 Å². The second-order valence-electron chi connectivity index (χ2n) is 5.14. The first-order chi connectivity index (χ1) is 8.90. The van der Waals surface area contributed by atoms with Gasteiger partial charge < -0.3 is 14.8 Å². The van der Waals surface area contributed by atoms with Crippen LogP contribution in [0.15, 0.2) is 18.2 Å². The summed E-state index contributed by atoms with van der Waals surface area (Å²) in [5, 5.41) is 2.74. The van der Waals surface area contributed by atoms with Gasteiger partial charge in [-0.25, -0.2) is 4.79 Å². The number of carbonyl (C=O) groups is 1. The van der Waals surface area contributed by atoms with Crippen molar-refractivity contribution in [2.75, 3.05) is 20.3 Å². The molecule has 1 N–H and O–H groups in total. The fraction of sp³-hybridized carbons (Fsp3) is 0.533. The maximum absolute atomic E-state index is 11.1. The van der Waals surface area contributed by atoms with Crippen molar-refractivity contribution in [1.82, 2.24) is 5.32 Å². The van der Waals surface area contributed by atoms with E-state index < -0.39 is 6.09 Å². The molecule has 0 fully saturated rings. The molecule has 0 saturated heterocycles. The molecular formula is C15H23NO3. The summed E-state index contributed by atoms with van der Waals surface area (Å²) in [7, 11) is 1.36. The van der Waals surface area contributed by atoms with Crippen LogP contribution in [0.25, 0.3) is 0 Å². The molecule has 0 aliphatic rings. The van der Waals surface area contributed by atoms with Gasteiger partial charge in [-0.05, 0) is 31.0 Å². The number of alkyl carbamates (subject to hydrolysis) is 1. The van der Waals surface area contributed by atoms with Gasteiger partial charge in [0.15, 0.2) is 0 Å². The fourth-order valence-corrected chi connectivity index (χ4v) is 1.86. The average Bonchev–Trinajstić information content (AvgIpc) is 2.38. The second kappa shape index (κ2) is 6.45. The normalized spacial score (nSPS) is 11.0. The molecule has 0 aliphatic carbocycles. The van der Waals surface area contributed by atoms with Gasteiger partial charge >= 0.3 is 6.09 Å². The molecule has 4 nitrogen and oxygen atoms in total. The van der Waals surface area contributed by atoms with Crippen LogP contribution in [0.3, 0.4) is 0 Å². The molecule has 0 saturated carbocycles. The molecule has 0 radical (unpaired) electrons. The van der Waals surface area contributed by atoms with E-state index in [1.165, 1.54) is 7.11 Å². The first kappa shape index (κ1) is 15.3. The van der Waals surface area contributed by atoms with E-state index in [-0.39, 0.29) is 5.41 Å². The van der Waals surface area contributed by atoms with Crippen LogP contribution in [-0.2, 0) is 10.2 Å². The summed E-state index contributed by atoms with van der Waals surface area (Å²) in [4.78, 5) is 11.1. The Morgan fingerprint density at radius 1 is 1.37 bits per heavy atom. The van der Waals surface area contributed by atoms with Gasteiger partial charge in [-0.1, -0.05) is 26.0 Å². The highest BCUT2D eigenvalue weighted by Crippen LogP contribution is 2.27. The van der Waals surface area contributed by atoms with E-state index >= 15 is 0 Å². The summed E-state index contributed by atoms with van der Waals surface area (Å²) >= 11 is 0. The lowest BCUT2D eigenvalue weighted by atomic mass is 9.84. The standard InChI is InChI=1S/C15H23NO3/c1-6-19-13-8-7-12(9-11(13)2)15(3,4)10-16-14(17)18-5/h7-9H,6,10H2,1-5H3,(H,16,17). The van der Waals surface area contributed by atoms with Gasteiger partial charge in [-0.15, -0.1) is 0 Å². The lowest BCUT2D eigenvalue weighted by Gasteiger charge is -2.26. The Morgan fingerprint density at radius 2 is 2.05 bits per heavy atom. The molecule has 4 heteroatoms. The van der Waals surface area contributed by atoms with E-state index in [0.29, 0.717) is 13.2 Å². The third-order valence-corrected chi connectivity index (χ3v) is 3.12. The fourth-order valence-electron chi connectivity index (χ4n) is 1.86. The van der Waals surface area contributed by atoms with Crippen molar-refractivity contribution < 1.29 is 14.3 Å². The van der Waals surface area contributed by atoms with E-state index in [0.717, 1.165) is 16.9 Å². The quantitative estimate of drug-likeness (QED) is 0.890. The van der Waals surface area contributed by atoms with Gasteiger partial charge in [0.05, 0.1) is 13.7 Å². The Kier molecular flexibility index (Phi) is 5.21. The number of hydrogen-bond donors (Lipinski definition) is 1. The number of aryl methyl sites for hydroxylation is 1. The largest absolute Gasteiger partial charge is 0.494 e. The summed E-state index contributed by atoms with van der Waals surface area (Å²) in [5.74, 6) is 0.906. The SMILES string of the molecule is CCOc1ccc(C(C)(C)CNC(=O)OC)cc1C. The Hall–Kier alpha value is -1.71. The highest BCUT2D eigenvalue weighted by atomic mass is 16.5. The molecule has 1 aromatic carbocycles. The van der Waals surface area contributed by atoms with Gasteiger partial charge in [0.2, 0.25) is 0 Å². The molecule has 19 heavy (non-hydrogen) atoms. The summed E-state index contributed by atoms with van der Waals surface area (Å²) in [6.45, 7) is 9.34. The Labute approximate surface area is 115 Å². The van der Waals surface area contributed by atoms with Crippen LogP contribution in [0.4, 0.5) is 4.79 Å². The average molecular weight is 265 g/mol. The van der Waals surface area contributed by atoms with E-state index in [2.05, 4.69) is 30.0 Å². The highest BCUT2D eigenvalue weighted by molar-refractivity contribution is 5.67. The number of hydrogen-bond acceptors (Lipinski definition) is 3. The maximum Gasteiger partial charge on any atom is 0.406 e. The lowest BCUT2D eigenvalue weighted by molar-refractivity contribution is 0.168. The zero-order valence-electron chi connectivity index (χ0n) is 12.4. The van der Waals surface area contributed by atoms with Crippen LogP contribution in [0, 0.1) is 6.92 Å². The molecule has 0 unspecified atom stereocenters. The Morgan fingerprint density at radius 3 is 2.58 bits per heavy atom. The first-order valence-electron chi connectivity index (χ1n) is 6.46. The monoisotopic (exact) mass is 265 g/mol. The number of rotatable bonds is 5. The molecule has 0 heterocycles. The zero-order chi connectivity index (χ0) is 14.5. The lowest BCUT2D eigenvalue weighted by Crippen LogP contribution is -2.36. The minimum absolute atomic E-state index is 0.163. The van der Waals surface area contributed by atoms with Crippen LogP contribution >= 0.6 is 0 Å². The summed E-state index contributed by atoms with van der Waals surface area (Å²) in [5.41, 5.74) is 2.10. The van der Waals surface area contributed by atoms with E-state index in [9.17, 15) is 4.79 Å². The summed E-state index contributed by atoms with van der Waals surface area (Å²) in [6.07, 6.45) is -0.407. The van der Waals surface area contributed by atoms with Crippen molar-refractivity contribution in [2.45, 2.75) is 33.1 Å². The van der Waals surface area contributed by atoms with Gasteiger partial charge in [-0.3, -0.25) is 0 Å². The molecular weight excluding hydrogens is 242 g/mol. The molecule has 1 rings (SSSR count). The third kappa shape index (κ3) is 4.16. The van der Waals surface area contributed by atoms with Crippen molar-refractivity contribution in [2.24, 2.45) is 0 Å². The van der Waals surface area contributed by atoms with Crippen molar-refractivity contribution in [3.63, 3.8) is 0 Å². The molecule has 1 aromatic rings. The van der Waals surface area contributed by atoms with Gasteiger partial charge in [-0.2, -0.15) is 0 Å². The number of methoxy groups -OCH3 is 1. The molecule has 0 bridgehead atoms. The molecule has 0 atom stereocenters. The smallest absolute Gasteiger partial charge is 0.406 e. The first-order valence-corrected chi connectivity index (χ1v) is 6.46. The molecule has 0 aromatic heterocycles. The second-order valence-corrected chi connectivity index (χ2v) is 5.14. The van der Waals surface area contributed by atoms with Crippen molar-refractivity contribution in [1.29, 1.82) is 0 Å². The van der Waals surface area contributed by atoms with Gasteiger partial charge in [0.25, 0.3) is 0 Å². The van der Waals surface area contributed by atoms with Crippen LogP contribution < -0.4 is 10.1 Å². The minimum Gasteiger partial charge on any atom is -0.494 e. The number of benzene rings is 1.